The van der Waals surface area contributed by atoms with Crippen molar-refractivity contribution < 1.29 is 14.6 Å². The van der Waals surface area contributed by atoms with E-state index in [0.29, 0.717) is 6.42 Å². The van der Waals surface area contributed by atoms with Crippen LogP contribution in [0.4, 0.5) is 0 Å². The summed E-state index contributed by atoms with van der Waals surface area (Å²) in [6, 6.07) is 0. The Morgan fingerprint density at radius 2 is 2.00 bits per heavy atom. The van der Waals surface area contributed by atoms with E-state index in [1.165, 1.54) is 20.0 Å². The minimum atomic E-state index is -0.185. The molecule has 1 atom stereocenters. The van der Waals surface area contributed by atoms with Crippen LogP contribution in [0, 0.1) is 5.92 Å². The fourth-order valence-electron chi connectivity index (χ4n) is 1.52. The third kappa shape index (κ3) is 5.97. The normalized spacial score (nSPS) is 12.5. The van der Waals surface area contributed by atoms with Crippen molar-refractivity contribution in [3.05, 3.63) is 0 Å². The Morgan fingerprint density at radius 1 is 1.29 bits per heavy atom. The molecule has 0 bridgehead atoms. The van der Waals surface area contributed by atoms with E-state index < -0.39 is 0 Å². The average Bonchev–Trinajstić information content (AvgIpc) is 2.21. The van der Waals surface area contributed by atoms with E-state index in [4.69, 9.17) is 5.11 Å². The molecular weight excluding hydrogens is 180 g/mol. The predicted molar refractivity (Wildman–Crippen MR) is 56.0 cm³/mol. The Morgan fingerprint density at radius 3 is 2.50 bits per heavy atom. The number of methoxy groups -OCH3 is 1. The van der Waals surface area contributed by atoms with Gasteiger partial charge in [-0.25, -0.2) is 0 Å². The van der Waals surface area contributed by atoms with Crippen molar-refractivity contribution in [1.82, 2.24) is 0 Å². The molecule has 0 heterocycles. The summed E-state index contributed by atoms with van der Waals surface area (Å²) >= 11 is 0. The van der Waals surface area contributed by atoms with Gasteiger partial charge in [-0.3, -0.25) is 4.79 Å². The number of ether oxygens (including phenoxy) is 1. The summed E-state index contributed by atoms with van der Waals surface area (Å²) in [7, 11) is 1.40. The molecule has 0 rings (SSSR count). The fourth-order valence-corrected chi connectivity index (χ4v) is 1.52. The molecule has 0 aromatic rings. The number of carbonyl (C=O) groups is 1. The molecule has 0 aliphatic carbocycles. The van der Waals surface area contributed by atoms with Crippen LogP contribution < -0.4 is 0 Å². The predicted octanol–water partition coefficient (Wildman–Crippen LogP) is 2.13. The first-order chi connectivity index (χ1) is 6.76. The Balaban J connectivity index is 3.67. The molecule has 1 N–H and O–H groups in total. The molecule has 1 unspecified atom stereocenters. The molecule has 0 saturated heterocycles. The average molecular weight is 202 g/mol. The number of rotatable bonds is 8. The maximum Gasteiger partial charge on any atom is 0.308 e. The van der Waals surface area contributed by atoms with Crippen LogP contribution in [0.25, 0.3) is 0 Å². The Labute approximate surface area is 86.5 Å². The van der Waals surface area contributed by atoms with Crippen LogP contribution in [-0.4, -0.2) is 24.8 Å². The molecule has 0 saturated carbocycles. The lowest BCUT2D eigenvalue weighted by atomic mass is 9.98. The minimum absolute atomic E-state index is 0.0630. The Bertz CT molecular complexity index is 145. The van der Waals surface area contributed by atoms with Gasteiger partial charge in [-0.2, -0.15) is 0 Å². The van der Waals surface area contributed by atoms with Gasteiger partial charge >= 0.3 is 5.97 Å². The second-order valence-corrected chi connectivity index (χ2v) is 3.58. The highest BCUT2D eigenvalue weighted by atomic mass is 16.5. The van der Waals surface area contributed by atoms with Gasteiger partial charge in [0.1, 0.15) is 0 Å². The number of aliphatic hydroxyl groups is 1. The zero-order valence-corrected chi connectivity index (χ0v) is 9.29. The molecule has 0 aliphatic heterocycles. The van der Waals surface area contributed by atoms with Crippen molar-refractivity contribution >= 4 is 5.97 Å². The van der Waals surface area contributed by atoms with Crippen molar-refractivity contribution in [2.45, 2.75) is 45.4 Å². The van der Waals surface area contributed by atoms with E-state index >= 15 is 0 Å². The molecule has 0 aromatic carbocycles. The van der Waals surface area contributed by atoms with Gasteiger partial charge in [-0.1, -0.05) is 32.6 Å². The summed E-state index contributed by atoms with van der Waals surface area (Å²) in [4.78, 5) is 11.2. The smallest absolute Gasteiger partial charge is 0.308 e. The van der Waals surface area contributed by atoms with Crippen LogP contribution in [0.3, 0.4) is 0 Å². The molecule has 0 radical (unpaired) electrons. The second kappa shape index (κ2) is 9.00. The van der Waals surface area contributed by atoms with Crippen LogP contribution in [0.1, 0.15) is 45.4 Å². The van der Waals surface area contributed by atoms with Crippen LogP contribution in [0.15, 0.2) is 0 Å². The van der Waals surface area contributed by atoms with E-state index in [-0.39, 0.29) is 18.5 Å². The van der Waals surface area contributed by atoms with Crippen LogP contribution in [-0.2, 0) is 9.53 Å². The molecule has 14 heavy (non-hydrogen) atoms. The quantitative estimate of drug-likeness (QED) is 0.484. The summed E-state index contributed by atoms with van der Waals surface area (Å²) in [6.45, 7) is 2.22. The minimum Gasteiger partial charge on any atom is -0.469 e. The largest absolute Gasteiger partial charge is 0.469 e. The summed E-state index contributed by atoms with van der Waals surface area (Å²) in [5.41, 5.74) is 0. The first kappa shape index (κ1) is 13.4. The zero-order valence-electron chi connectivity index (χ0n) is 9.29. The molecule has 3 nitrogen and oxygen atoms in total. The van der Waals surface area contributed by atoms with Gasteiger partial charge < -0.3 is 9.84 Å². The van der Waals surface area contributed by atoms with Gasteiger partial charge in [0.15, 0.2) is 0 Å². The Hall–Kier alpha value is -0.570. The summed E-state index contributed by atoms with van der Waals surface area (Å²) in [5, 5.41) is 8.78. The Kier molecular flexibility index (Phi) is 8.64. The SMILES string of the molecule is CCCCCCC(CCO)C(=O)OC. The molecule has 0 aromatic heterocycles. The van der Waals surface area contributed by atoms with Gasteiger partial charge in [0.05, 0.1) is 13.0 Å². The van der Waals surface area contributed by atoms with Gasteiger partial charge in [-0.05, 0) is 12.8 Å². The van der Waals surface area contributed by atoms with Crippen LogP contribution >= 0.6 is 0 Å². The highest BCUT2D eigenvalue weighted by molar-refractivity contribution is 5.72. The van der Waals surface area contributed by atoms with Crippen molar-refractivity contribution in [1.29, 1.82) is 0 Å². The van der Waals surface area contributed by atoms with Crippen molar-refractivity contribution in [2.75, 3.05) is 13.7 Å². The number of esters is 1. The van der Waals surface area contributed by atoms with Crippen molar-refractivity contribution in [3.63, 3.8) is 0 Å². The highest BCUT2D eigenvalue weighted by Gasteiger charge is 2.17. The van der Waals surface area contributed by atoms with Gasteiger partial charge in [-0.15, -0.1) is 0 Å². The molecule has 3 heteroatoms. The third-order valence-electron chi connectivity index (χ3n) is 2.42. The third-order valence-corrected chi connectivity index (χ3v) is 2.42. The maximum atomic E-state index is 11.2. The van der Waals surface area contributed by atoms with Crippen molar-refractivity contribution in [3.8, 4) is 0 Å². The lowest BCUT2D eigenvalue weighted by Gasteiger charge is -2.12. The molecule has 84 valence electrons. The van der Waals surface area contributed by atoms with Crippen LogP contribution in [0.2, 0.25) is 0 Å². The number of hydrogen-bond donors (Lipinski definition) is 1. The first-order valence-corrected chi connectivity index (χ1v) is 5.45. The topological polar surface area (TPSA) is 46.5 Å². The molecule has 0 amide bonds. The number of aliphatic hydroxyl groups excluding tert-OH is 1. The monoisotopic (exact) mass is 202 g/mol. The maximum absolute atomic E-state index is 11.2. The second-order valence-electron chi connectivity index (χ2n) is 3.58. The van der Waals surface area contributed by atoms with E-state index in [9.17, 15) is 4.79 Å². The van der Waals surface area contributed by atoms with E-state index in [0.717, 1.165) is 19.3 Å². The summed E-state index contributed by atoms with van der Waals surface area (Å²) < 4.78 is 4.67. The number of hydrogen-bond acceptors (Lipinski definition) is 3. The molecular formula is C11H22O3. The van der Waals surface area contributed by atoms with Gasteiger partial charge in [0.25, 0.3) is 0 Å². The molecule has 0 aliphatic rings. The first-order valence-electron chi connectivity index (χ1n) is 5.45. The molecule has 0 spiro atoms. The molecule has 0 fully saturated rings. The number of carbonyl (C=O) groups excluding carboxylic acids is 1. The highest BCUT2D eigenvalue weighted by Crippen LogP contribution is 2.15. The van der Waals surface area contributed by atoms with E-state index in [2.05, 4.69) is 11.7 Å². The fraction of sp³-hybridized carbons (Fsp3) is 0.909. The van der Waals surface area contributed by atoms with Gasteiger partial charge in [0, 0.05) is 6.61 Å². The summed E-state index contributed by atoms with van der Waals surface area (Å²) in [6.07, 6.45) is 5.99. The zero-order chi connectivity index (χ0) is 10.8. The summed E-state index contributed by atoms with van der Waals surface area (Å²) in [5.74, 6) is -0.294. The standard InChI is InChI=1S/C11H22O3/c1-3-4-5-6-7-10(8-9-12)11(13)14-2/h10,12H,3-9H2,1-2H3. The number of unbranched alkanes of at least 4 members (excludes halogenated alkanes) is 3. The van der Waals surface area contributed by atoms with Gasteiger partial charge in [0.2, 0.25) is 0 Å². The van der Waals surface area contributed by atoms with E-state index in [1.807, 2.05) is 0 Å². The lowest BCUT2D eigenvalue weighted by molar-refractivity contribution is -0.146. The lowest BCUT2D eigenvalue weighted by Crippen LogP contribution is -2.17. The van der Waals surface area contributed by atoms with E-state index in [1.54, 1.807) is 0 Å². The van der Waals surface area contributed by atoms with Crippen LogP contribution in [0.5, 0.6) is 0 Å². The van der Waals surface area contributed by atoms with Crippen molar-refractivity contribution in [2.24, 2.45) is 5.92 Å².